The van der Waals surface area contributed by atoms with Gasteiger partial charge in [-0.3, -0.25) is 9.69 Å². The molecule has 0 bridgehead atoms. The van der Waals surface area contributed by atoms with Gasteiger partial charge in [0, 0.05) is 18.8 Å². The molecule has 8 nitrogen and oxygen atoms in total. The highest BCUT2D eigenvalue weighted by molar-refractivity contribution is 7.89. The highest BCUT2D eigenvalue weighted by Crippen LogP contribution is 2.16. The molecule has 0 unspecified atom stereocenters. The molecule has 1 aromatic carbocycles. The van der Waals surface area contributed by atoms with Gasteiger partial charge < -0.3 is 14.5 Å². The molecule has 2 aromatic rings. The number of carbonyl (C=O) groups is 1. The van der Waals surface area contributed by atoms with Gasteiger partial charge in [0.05, 0.1) is 37.5 Å². The number of ether oxygens (including phenoxy) is 1. The summed E-state index contributed by atoms with van der Waals surface area (Å²) in [5.74, 6) is 0.327. The van der Waals surface area contributed by atoms with Crippen LogP contribution in [-0.2, 0) is 26.1 Å². The summed E-state index contributed by atoms with van der Waals surface area (Å²) in [6.07, 6.45) is 1.48. The maximum absolute atomic E-state index is 12.4. The molecule has 0 radical (unpaired) electrons. The summed E-state index contributed by atoms with van der Waals surface area (Å²) >= 11 is 0. The van der Waals surface area contributed by atoms with Gasteiger partial charge in [-0.1, -0.05) is 6.07 Å². The van der Waals surface area contributed by atoms with Crippen molar-refractivity contribution in [3.8, 4) is 0 Å². The number of carbonyl (C=O) groups excluding carboxylic acids is 1. The SMILES string of the molecule is O=C(CN1CCOCC1)Nc1cccc(S(=O)(=O)NCc2ccco2)c1. The van der Waals surface area contributed by atoms with E-state index in [2.05, 4.69) is 10.0 Å². The monoisotopic (exact) mass is 379 g/mol. The minimum absolute atomic E-state index is 0.0585. The van der Waals surface area contributed by atoms with E-state index in [9.17, 15) is 13.2 Å². The number of amides is 1. The van der Waals surface area contributed by atoms with Gasteiger partial charge in [-0.15, -0.1) is 0 Å². The van der Waals surface area contributed by atoms with Crippen molar-refractivity contribution in [1.82, 2.24) is 9.62 Å². The number of nitrogens with one attached hydrogen (secondary N) is 2. The van der Waals surface area contributed by atoms with E-state index in [0.717, 1.165) is 0 Å². The summed E-state index contributed by atoms with van der Waals surface area (Å²) in [5.41, 5.74) is 0.434. The summed E-state index contributed by atoms with van der Waals surface area (Å²) < 4.78 is 37.6. The van der Waals surface area contributed by atoms with Crippen LogP contribution in [0.3, 0.4) is 0 Å². The molecular formula is C17H21N3O5S. The smallest absolute Gasteiger partial charge is 0.241 e. The summed E-state index contributed by atoms with van der Waals surface area (Å²) in [5, 5.41) is 2.74. The van der Waals surface area contributed by atoms with Crippen LogP contribution in [0, 0.1) is 0 Å². The normalized spacial score (nSPS) is 15.7. The molecule has 2 heterocycles. The zero-order valence-corrected chi connectivity index (χ0v) is 15.0. The lowest BCUT2D eigenvalue weighted by atomic mass is 10.3. The van der Waals surface area contributed by atoms with Gasteiger partial charge in [-0.25, -0.2) is 13.1 Å². The Labute approximate surface area is 152 Å². The van der Waals surface area contributed by atoms with E-state index in [-0.39, 0.29) is 23.9 Å². The number of hydrogen-bond donors (Lipinski definition) is 2. The standard InChI is InChI=1S/C17H21N3O5S/c21-17(13-20-6-9-24-10-7-20)19-14-3-1-5-16(11-14)26(22,23)18-12-15-4-2-8-25-15/h1-5,8,11,18H,6-7,9-10,12-13H2,(H,19,21). The number of sulfonamides is 1. The average Bonchev–Trinajstić information content (AvgIpc) is 3.15. The predicted molar refractivity (Wildman–Crippen MR) is 95.1 cm³/mol. The van der Waals surface area contributed by atoms with Gasteiger partial charge in [0.25, 0.3) is 0 Å². The first-order valence-electron chi connectivity index (χ1n) is 8.25. The number of nitrogens with zero attached hydrogens (tertiary/aromatic N) is 1. The van der Waals surface area contributed by atoms with Crippen molar-refractivity contribution in [3.05, 3.63) is 48.4 Å². The fraction of sp³-hybridized carbons (Fsp3) is 0.353. The highest BCUT2D eigenvalue weighted by Gasteiger charge is 2.17. The molecule has 140 valence electrons. The third-order valence-corrected chi connectivity index (χ3v) is 5.31. The van der Waals surface area contributed by atoms with E-state index in [1.807, 2.05) is 4.90 Å². The van der Waals surface area contributed by atoms with Crippen LogP contribution in [0.4, 0.5) is 5.69 Å². The van der Waals surface area contributed by atoms with Crippen LogP contribution in [0.5, 0.6) is 0 Å². The molecule has 26 heavy (non-hydrogen) atoms. The molecule has 1 aliphatic heterocycles. The maximum Gasteiger partial charge on any atom is 0.241 e. The van der Waals surface area contributed by atoms with Crippen LogP contribution in [0.2, 0.25) is 0 Å². The molecule has 1 fully saturated rings. The largest absolute Gasteiger partial charge is 0.468 e. The topological polar surface area (TPSA) is 101 Å². The first kappa shape index (κ1) is 18.6. The minimum atomic E-state index is -3.71. The van der Waals surface area contributed by atoms with Crippen LogP contribution in [0.15, 0.2) is 52.0 Å². The lowest BCUT2D eigenvalue weighted by Gasteiger charge is -2.25. The molecule has 0 atom stereocenters. The van der Waals surface area contributed by atoms with Crippen LogP contribution in [0.1, 0.15) is 5.76 Å². The minimum Gasteiger partial charge on any atom is -0.468 e. The van der Waals surface area contributed by atoms with Gasteiger partial charge >= 0.3 is 0 Å². The molecule has 3 rings (SSSR count). The second-order valence-electron chi connectivity index (χ2n) is 5.87. The van der Waals surface area contributed by atoms with Crippen molar-refractivity contribution in [2.45, 2.75) is 11.4 Å². The van der Waals surface area contributed by atoms with Gasteiger partial charge in [0.1, 0.15) is 5.76 Å². The summed E-state index contributed by atoms with van der Waals surface area (Å²) in [6, 6.07) is 9.53. The van der Waals surface area contributed by atoms with Crippen LogP contribution < -0.4 is 10.0 Å². The Kier molecular flexibility index (Phi) is 6.04. The van der Waals surface area contributed by atoms with Crippen molar-refractivity contribution in [3.63, 3.8) is 0 Å². The van der Waals surface area contributed by atoms with Gasteiger partial charge in [-0.05, 0) is 30.3 Å². The van der Waals surface area contributed by atoms with Gasteiger partial charge in [-0.2, -0.15) is 0 Å². The van der Waals surface area contributed by atoms with E-state index in [0.29, 0.717) is 37.8 Å². The van der Waals surface area contributed by atoms with Crippen molar-refractivity contribution in [2.24, 2.45) is 0 Å². The number of furan rings is 1. The van der Waals surface area contributed by atoms with Crippen molar-refractivity contribution >= 4 is 21.6 Å². The summed E-state index contributed by atoms with van der Waals surface area (Å²) in [7, 11) is -3.71. The molecule has 2 N–H and O–H groups in total. The second kappa shape index (κ2) is 8.45. The Bertz CT molecular complexity index is 830. The molecule has 1 amide bonds. The quantitative estimate of drug-likeness (QED) is 0.745. The summed E-state index contributed by atoms with van der Waals surface area (Å²) in [6.45, 7) is 2.95. The fourth-order valence-electron chi connectivity index (χ4n) is 2.57. The molecule has 0 aliphatic carbocycles. The van der Waals surface area contributed by atoms with Crippen molar-refractivity contribution in [1.29, 1.82) is 0 Å². The number of anilines is 1. The third-order valence-electron chi connectivity index (χ3n) is 3.92. The average molecular weight is 379 g/mol. The van der Waals surface area contributed by atoms with Crippen LogP contribution in [-0.4, -0.2) is 52.1 Å². The third kappa shape index (κ3) is 5.15. The number of benzene rings is 1. The Hall–Kier alpha value is -2.20. The van der Waals surface area contributed by atoms with Gasteiger partial charge in [0.15, 0.2) is 0 Å². The second-order valence-corrected chi connectivity index (χ2v) is 7.64. The lowest BCUT2D eigenvalue weighted by molar-refractivity contribution is -0.118. The zero-order chi connectivity index (χ0) is 18.4. The zero-order valence-electron chi connectivity index (χ0n) is 14.2. The summed E-state index contributed by atoms with van der Waals surface area (Å²) in [4.78, 5) is 14.2. The van der Waals surface area contributed by atoms with Crippen molar-refractivity contribution < 1.29 is 22.4 Å². The van der Waals surface area contributed by atoms with Gasteiger partial charge in [0.2, 0.25) is 15.9 Å². The Morgan fingerprint density at radius 3 is 2.69 bits per heavy atom. The van der Waals surface area contributed by atoms with E-state index < -0.39 is 10.0 Å². The first-order valence-corrected chi connectivity index (χ1v) is 9.73. The molecule has 9 heteroatoms. The number of morpholine rings is 1. The Morgan fingerprint density at radius 1 is 1.15 bits per heavy atom. The predicted octanol–water partition coefficient (Wildman–Crippen LogP) is 1.03. The maximum atomic E-state index is 12.4. The Balaban J connectivity index is 1.60. The van der Waals surface area contributed by atoms with E-state index >= 15 is 0 Å². The highest BCUT2D eigenvalue weighted by atomic mass is 32.2. The lowest BCUT2D eigenvalue weighted by Crippen LogP contribution is -2.41. The molecular weight excluding hydrogens is 358 g/mol. The Morgan fingerprint density at radius 2 is 1.96 bits per heavy atom. The fourth-order valence-corrected chi connectivity index (χ4v) is 3.61. The molecule has 0 saturated carbocycles. The first-order chi connectivity index (χ1) is 12.5. The molecule has 1 aromatic heterocycles. The number of hydrogen-bond acceptors (Lipinski definition) is 6. The van der Waals surface area contributed by atoms with Crippen LogP contribution >= 0.6 is 0 Å². The van der Waals surface area contributed by atoms with E-state index in [1.165, 1.54) is 18.4 Å². The molecule has 1 aliphatic rings. The van der Waals surface area contributed by atoms with Crippen molar-refractivity contribution in [2.75, 3.05) is 38.2 Å². The molecule has 0 spiro atoms. The number of rotatable bonds is 7. The van der Waals surface area contributed by atoms with Crippen LogP contribution in [0.25, 0.3) is 0 Å². The van der Waals surface area contributed by atoms with E-state index in [1.54, 1.807) is 24.3 Å². The molecule has 1 saturated heterocycles. The van der Waals surface area contributed by atoms with E-state index in [4.69, 9.17) is 9.15 Å².